The van der Waals surface area contributed by atoms with Crippen molar-refractivity contribution < 1.29 is 0 Å². The van der Waals surface area contributed by atoms with E-state index in [-0.39, 0.29) is 0 Å². The van der Waals surface area contributed by atoms with Crippen LogP contribution in [0.25, 0.3) is 0 Å². The Kier molecular flexibility index (Phi) is 4.86. The minimum atomic E-state index is 0.589. The molecule has 1 aromatic heterocycles. The number of rotatable bonds is 4. The summed E-state index contributed by atoms with van der Waals surface area (Å²) in [7, 11) is 2.08. The van der Waals surface area contributed by atoms with Crippen LogP contribution in [0.1, 0.15) is 49.4 Å². The van der Waals surface area contributed by atoms with Crippen LogP contribution in [-0.4, -0.2) is 14.8 Å². The average Bonchev–Trinajstić information content (AvgIpc) is 2.88. The molecule has 0 amide bonds. The summed E-state index contributed by atoms with van der Waals surface area (Å²) < 4.78 is 2.16. The lowest BCUT2D eigenvalue weighted by Crippen LogP contribution is -2.10. The van der Waals surface area contributed by atoms with Crippen LogP contribution >= 0.6 is 23.4 Å². The maximum Gasteiger partial charge on any atom is 0.191 e. The smallest absolute Gasteiger partial charge is 0.191 e. The van der Waals surface area contributed by atoms with E-state index in [9.17, 15) is 0 Å². The first-order valence-electron chi connectivity index (χ1n) is 7.51. The highest BCUT2D eigenvalue weighted by molar-refractivity contribution is 7.98. The molecule has 0 unspecified atom stereocenters. The van der Waals surface area contributed by atoms with Crippen molar-refractivity contribution in [2.24, 2.45) is 7.05 Å². The molecule has 3 nitrogen and oxygen atoms in total. The molecule has 1 aliphatic rings. The number of hydrogen-bond acceptors (Lipinski definition) is 3. The van der Waals surface area contributed by atoms with Crippen molar-refractivity contribution in [1.82, 2.24) is 14.8 Å². The lowest BCUT2D eigenvalue weighted by molar-refractivity contribution is 0.418. The van der Waals surface area contributed by atoms with Crippen molar-refractivity contribution in [2.75, 3.05) is 0 Å². The lowest BCUT2D eigenvalue weighted by atomic mass is 9.89. The third kappa shape index (κ3) is 3.43. The molecule has 0 radical (unpaired) electrons. The van der Waals surface area contributed by atoms with Crippen molar-refractivity contribution in [2.45, 2.75) is 48.9 Å². The molecule has 0 aliphatic heterocycles. The van der Waals surface area contributed by atoms with Crippen molar-refractivity contribution >= 4 is 23.4 Å². The van der Waals surface area contributed by atoms with Crippen LogP contribution in [0.3, 0.4) is 0 Å². The number of hydrogen-bond donors (Lipinski definition) is 0. The summed E-state index contributed by atoms with van der Waals surface area (Å²) >= 11 is 7.91. The minimum Gasteiger partial charge on any atom is -0.309 e. The predicted molar refractivity (Wildman–Crippen MR) is 87.8 cm³/mol. The molecule has 1 saturated carbocycles. The molecule has 1 fully saturated rings. The molecule has 1 aliphatic carbocycles. The first-order valence-corrected chi connectivity index (χ1v) is 8.87. The monoisotopic (exact) mass is 321 g/mol. The molecular formula is C16H20ClN3S. The second kappa shape index (κ2) is 6.84. The normalized spacial score (nSPS) is 16.3. The Bertz CT molecular complexity index is 605. The van der Waals surface area contributed by atoms with Gasteiger partial charge in [-0.15, -0.1) is 10.2 Å². The Morgan fingerprint density at radius 3 is 2.71 bits per heavy atom. The Labute approximate surface area is 135 Å². The molecule has 1 heterocycles. The maximum absolute atomic E-state index is 6.20. The van der Waals surface area contributed by atoms with Gasteiger partial charge in [-0.25, -0.2) is 0 Å². The van der Waals surface area contributed by atoms with E-state index in [2.05, 4.69) is 27.9 Å². The molecule has 0 atom stereocenters. The fraction of sp³-hybridized carbons (Fsp3) is 0.500. The highest BCUT2D eigenvalue weighted by atomic mass is 35.5. The molecule has 5 heteroatoms. The second-order valence-electron chi connectivity index (χ2n) is 5.61. The van der Waals surface area contributed by atoms with Crippen LogP contribution < -0.4 is 0 Å². The van der Waals surface area contributed by atoms with Gasteiger partial charge in [-0.2, -0.15) is 0 Å². The summed E-state index contributed by atoms with van der Waals surface area (Å²) in [4.78, 5) is 0. The van der Waals surface area contributed by atoms with E-state index in [0.29, 0.717) is 5.92 Å². The first kappa shape index (κ1) is 14.9. The van der Waals surface area contributed by atoms with E-state index >= 15 is 0 Å². The number of nitrogens with zero attached hydrogens (tertiary/aromatic N) is 3. The number of aromatic nitrogens is 3. The van der Waals surface area contributed by atoms with E-state index in [4.69, 9.17) is 11.6 Å². The van der Waals surface area contributed by atoms with Gasteiger partial charge in [0.05, 0.1) is 0 Å². The van der Waals surface area contributed by atoms with Crippen LogP contribution in [0.15, 0.2) is 29.4 Å². The topological polar surface area (TPSA) is 30.7 Å². The summed E-state index contributed by atoms with van der Waals surface area (Å²) in [5.74, 6) is 2.57. The van der Waals surface area contributed by atoms with Gasteiger partial charge >= 0.3 is 0 Å². The molecule has 0 N–H and O–H groups in total. The van der Waals surface area contributed by atoms with Crippen LogP contribution in [0.2, 0.25) is 5.02 Å². The molecule has 0 saturated heterocycles. The zero-order valence-electron chi connectivity index (χ0n) is 12.3. The molecule has 2 aromatic rings. The SMILES string of the molecule is Cn1c(SCc2ccccc2Cl)nnc1C1CCCCC1. The van der Waals surface area contributed by atoms with Gasteiger partial charge in [-0.1, -0.05) is 60.8 Å². The lowest BCUT2D eigenvalue weighted by Gasteiger charge is -2.20. The minimum absolute atomic E-state index is 0.589. The summed E-state index contributed by atoms with van der Waals surface area (Å²) in [6.45, 7) is 0. The third-order valence-electron chi connectivity index (χ3n) is 4.15. The highest BCUT2D eigenvalue weighted by Crippen LogP contribution is 2.33. The quantitative estimate of drug-likeness (QED) is 0.757. The zero-order chi connectivity index (χ0) is 14.7. The molecule has 3 rings (SSSR count). The number of halogens is 1. The van der Waals surface area contributed by atoms with Gasteiger partial charge in [0.2, 0.25) is 0 Å². The fourth-order valence-corrected chi connectivity index (χ4v) is 4.13. The molecule has 1 aromatic carbocycles. The highest BCUT2D eigenvalue weighted by Gasteiger charge is 2.21. The van der Waals surface area contributed by atoms with Gasteiger partial charge in [0, 0.05) is 23.7 Å². The second-order valence-corrected chi connectivity index (χ2v) is 6.96. The summed E-state index contributed by atoms with van der Waals surface area (Å²) in [6, 6.07) is 7.97. The molecular weight excluding hydrogens is 302 g/mol. The largest absolute Gasteiger partial charge is 0.309 e. The van der Waals surface area contributed by atoms with E-state index in [1.807, 2.05) is 18.2 Å². The van der Waals surface area contributed by atoms with Gasteiger partial charge in [-0.05, 0) is 24.5 Å². The van der Waals surface area contributed by atoms with Gasteiger partial charge in [0.25, 0.3) is 0 Å². The van der Waals surface area contributed by atoms with E-state index in [1.54, 1.807) is 11.8 Å². The first-order chi connectivity index (χ1) is 10.3. The van der Waals surface area contributed by atoms with Crippen molar-refractivity contribution in [3.05, 3.63) is 40.7 Å². The molecule has 0 bridgehead atoms. The third-order valence-corrected chi connectivity index (χ3v) is 5.59. The van der Waals surface area contributed by atoms with Crippen LogP contribution in [-0.2, 0) is 12.8 Å². The van der Waals surface area contributed by atoms with Gasteiger partial charge < -0.3 is 4.57 Å². The molecule has 21 heavy (non-hydrogen) atoms. The van der Waals surface area contributed by atoms with Crippen LogP contribution in [0.4, 0.5) is 0 Å². The Hall–Kier alpha value is -1.00. The maximum atomic E-state index is 6.20. The summed E-state index contributed by atoms with van der Waals surface area (Å²) in [5.41, 5.74) is 1.14. The van der Waals surface area contributed by atoms with Gasteiger partial charge in [-0.3, -0.25) is 0 Å². The summed E-state index contributed by atoms with van der Waals surface area (Å²) in [6.07, 6.45) is 6.50. The molecule has 112 valence electrons. The fourth-order valence-electron chi connectivity index (χ4n) is 2.93. The Morgan fingerprint density at radius 2 is 1.95 bits per heavy atom. The summed E-state index contributed by atoms with van der Waals surface area (Å²) in [5, 5.41) is 10.6. The van der Waals surface area contributed by atoms with E-state index in [0.717, 1.165) is 27.3 Å². The van der Waals surface area contributed by atoms with Gasteiger partial charge in [0.1, 0.15) is 5.82 Å². The van der Waals surface area contributed by atoms with Crippen LogP contribution in [0, 0.1) is 0 Å². The standard InChI is InChI=1S/C16H20ClN3S/c1-20-15(12-7-3-2-4-8-12)18-19-16(20)21-11-13-9-5-6-10-14(13)17/h5-6,9-10,12H,2-4,7-8,11H2,1H3. The number of benzene rings is 1. The van der Waals surface area contributed by atoms with Crippen molar-refractivity contribution in [3.8, 4) is 0 Å². The van der Waals surface area contributed by atoms with E-state index in [1.165, 1.54) is 32.1 Å². The van der Waals surface area contributed by atoms with Crippen molar-refractivity contribution in [1.29, 1.82) is 0 Å². The Balaban J connectivity index is 1.69. The molecule has 0 spiro atoms. The van der Waals surface area contributed by atoms with Crippen LogP contribution in [0.5, 0.6) is 0 Å². The number of thioether (sulfide) groups is 1. The average molecular weight is 322 g/mol. The Morgan fingerprint density at radius 1 is 1.19 bits per heavy atom. The van der Waals surface area contributed by atoms with E-state index < -0.39 is 0 Å². The predicted octanol–water partition coefficient (Wildman–Crippen LogP) is 4.81. The van der Waals surface area contributed by atoms with Crippen molar-refractivity contribution in [3.63, 3.8) is 0 Å². The zero-order valence-corrected chi connectivity index (χ0v) is 13.8. The van der Waals surface area contributed by atoms with Gasteiger partial charge in [0.15, 0.2) is 5.16 Å².